The van der Waals surface area contributed by atoms with Gasteiger partial charge in [0.25, 0.3) is 0 Å². The van der Waals surface area contributed by atoms with E-state index in [1.165, 1.54) is 0 Å². The second-order valence-corrected chi connectivity index (χ2v) is 8.93. The van der Waals surface area contributed by atoms with E-state index in [9.17, 15) is 4.79 Å². The maximum absolute atomic E-state index is 12.3. The fraction of sp³-hybridized carbons (Fsp3) is 0.455. The van der Waals surface area contributed by atoms with Crippen molar-refractivity contribution in [2.24, 2.45) is 0 Å². The van der Waals surface area contributed by atoms with Crippen LogP contribution in [0.15, 0.2) is 31.0 Å². The molecule has 0 saturated carbocycles. The molecule has 10 heteroatoms. The van der Waals surface area contributed by atoms with Crippen molar-refractivity contribution < 1.29 is 9.53 Å². The molecule has 1 atom stereocenters. The van der Waals surface area contributed by atoms with Gasteiger partial charge >= 0.3 is 6.09 Å². The number of nitrogens with zero attached hydrogens (tertiary/aromatic N) is 7. The molecule has 1 amide bonds. The van der Waals surface area contributed by atoms with Gasteiger partial charge in [-0.1, -0.05) is 6.92 Å². The average Bonchev–Trinajstić information content (AvgIpc) is 3.21. The summed E-state index contributed by atoms with van der Waals surface area (Å²) in [5, 5.41) is 11.2. The molecule has 4 rings (SSSR count). The second kappa shape index (κ2) is 8.18. The van der Waals surface area contributed by atoms with Crippen molar-refractivity contribution in [2.75, 3.05) is 10.2 Å². The minimum absolute atomic E-state index is 0.0459. The zero-order chi connectivity index (χ0) is 23.0. The molecule has 0 spiro atoms. The lowest BCUT2D eigenvalue weighted by Crippen LogP contribution is -2.40. The smallest absolute Gasteiger partial charge is 0.412 e. The standard InChI is InChI=1S/C22H28N8O2/c1-7-16-20-28-25-12-29(20)17-11-24-18(27-19(17)30(16)13(2)3)14-8-9-23-10-15(14)26-21(31)32-22(4,5)6/h8-13,16H,7H2,1-6H3,(H,26,31). The van der Waals surface area contributed by atoms with Gasteiger partial charge in [-0.05, 0) is 47.1 Å². The number of ether oxygens (including phenoxy) is 1. The van der Waals surface area contributed by atoms with E-state index in [0.29, 0.717) is 17.1 Å². The Morgan fingerprint density at radius 3 is 2.75 bits per heavy atom. The molecule has 0 saturated heterocycles. The Morgan fingerprint density at radius 1 is 1.28 bits per heavy atom. The molecule has 1 aliphatic rings. The highest BCUT2D eigenvalue weighted by Gasteiger charge is 2.35. The largest absolute Gasteiger partial charge is 0.444 e. The molecule has 3 aromatic rings. The van der Waals surface area contributed by atoms with Crippen molar-refractivity contribution in [2.45, 2.75) is 65.6 Å². The Morgan fingerprint density at radius 2 is 2.06 bits per heavy atom. The van der Waals surface area contributed by atoms with Crippen LogP contribution in [0.25, 0.3) is 17.1 Å². The van der Waals surface area contributed by atoms with Crippen molar-refractivity contribution in [3.63, 3.8) is 0 Å². The highest BCUT2D eigenvalue weighted by atomic mass is 16.6. The van der Waals surface area contributed by atoms with Crippen molar-refractivity contribution in [1.82, 2.24) is 29.7 Å². The van der Waals surface area contributed by atoms with E-state index < -0.39 is 11.7 Å². The maximum Gasteiger partial charge on any atom is 0.412 e. The zero-order valence-corrected chi connectivity index (χ0v) is 19.2. The molecule has 0 radical (unpaired) electrons. The lowest BCUT2D eigenvalue weighted by atomic mass is 10.1. The number of carbonyl (C=O) groups excluding carboxylic acids is 1. The molecule has 0 bridgehead atoms. The fourth-order valence-corrected chi connectivity index (χ4v) is 3.87. The number of hydrogen-bond donors (Lipinski definition) is 1. The van der Waals surface area contributed by atoms with Crippen LogP contribution < -0.4 is 10.2 Å². The van der Waals surface area contributed by atoms with E-state index in [1.807, 2.05) is 25.3 Å². The van der Waals surface area contributed by atoms with Gasteiger partial charge in [-0.15, -0.1) is 10.2 Å². The van der Waals surface area contributed by atoms with E-state index in [0.717, 1.165) is 23.8 Å². The van der Waals surface area contributed by atoms with Crippen LogP contribution >= 0.6 is 0 Å². The SMILES string of the molecule is CCC1c2nncn2-c2cnc(-c3ccncc3NC(=O)OC(C)(C)C)nc2N1C(C)C. The molecular formula is C22H28N8O2. The predicted octanol–water partition coefficient (Wildman–Crippen LogP) is 4.15. The van der Waals surface area contributed by atoms with E-state index >= 15 is 0 Å². The number of fused-ring (bicyclic) bond motifs is 3. The topological polar surface area (TPSA) is 111 Å². The van der Waals surface area contributed by atoms with Crippen LogP contribution in [0.1, 0.15) is 59.8 Å². The van der Waals surface area contributed by atoms with Gasteiger partial charge in [0.1, 0.15) is 17.6 Å². The van der Waals surface area contributed by atoms with E-state index in [2.05, 4.69) is 51.2 Å². The molecule has 4 heterocycles. The number of amides is 1. The summed E-state index contributed by atoms with van der Waals surface area (Å²) in [7, 11) is 0. The molecule has 32 heavy (non-hydrogen) atoms. The van der Waals surface area contributed by atoms with E-state index in [-0.39, 0.29) is 12.1 Å². The van der Waals surface area contributed by atoms with Gasteiger partial charge in [-0.25, -0.2) is 14.8 Å². The Labute approximate surface area is 187 Å². The molecule has 0 aliphatic carbocycles. The average molecular weight is 437 g/mol. The lowest BCUT2D eigenvalue weighted by Gasteiger charge is -2.39. The van der Waals surface area contributed by atoms with Gasteiger partial charge < -0.3 is 9.64 Å². The monoisotopic (exact) mass is 436 g/mol. The first-order valence-corrected chi connectivity index (χ1v) is 10.7. The third-order valence-electron chi connectivity index (χ3n) is 5.10. The lowest BCUT2D eigenvalue weighted by molar-refractivity contribution is 0.0636. The van der Waals surface area contributed by atoms with Crippen LogP contribution in [-0.2, 0) is 4.74 Å². The summed E-state index contributed by atoms with van der Waals surface area (Å²) in [5.41, 5.74) is 1.34. The first-order valence-electron chi connectivity index (χ1n) is 10.7. The summed E-state index contributed by atoms with van der Waals surface area (Å²) in [6, 6.07) is 2.01. The maximum atomic E-state index is 12.3. The molecule has 10 nitrogen and oxygen atoms in total. The highest BCUT2D eigenvalue weighted by Crippen LogP contribution is 2.40. The summed E-state index contributed by atoms with van der Waals surface area (Å²) < 4.78 is 7.33. The normalized spacial score (nSPS) is 15.3. The predicted molar refractivity (Wildman–Crippen MR) is 121 cm³/mol. The van der Waals surface area contributed by atoms with Gasteiger partial charge in [0.2, 0.25) is 0 Å². The Kier molecular flexibility index (Phi) is 5.53. The van der Waals surface area contributed by atoms with Crippen molar-refractivity contribution in [1.29, 1.82) is 0 Å². The van der Waals surface area contributed by atoms with Crippen molar-refractivity contribution >= 4 is 17.6 Å². The molecular weight excluding hydrogens is 408 g/mol. The summed E-state index contributed by atoms with van der Waals surface area (Å²) >= 11 is 0. The quantitative estimate of drug-likeness (QED) is 0.649. The highest BCUT2D eigenvalue weighted by molar-refractivity contribution is 5.90. The number of carbonyl (C=O) groups is 1. The van der Waals surface area contributed by atoms with Crippen LogP contribution in [0.3, 0.4) is 0 Å². The van der Waals surface area contributed by atoms with Crippen LogP contribution in [0, 0.1) is 0 Å². The molecule has 0 aromatic carbocycles. The zero-order valence-electron chi connectivity index (χ0n) is 19.2. The number of nitrogens with one attached hydrogen (secondary N) is 1. The summed E-state index contributed by atoms with van der Waals surface area (Å²) in [6.45, 7) is 11.8. The number of aromatic nitrogens is 6. The van der Waals surface area contributed by atoms with Crippen LogP contribution in [0.2, 0.25) is 0 Å². The first kappa shape index (κ1) is 21.7. The summed E-state index contributed by atoms with van der Waals surface area (Å²) in [5.74, 6) is 2.15. The Hall–Kier alpha value is -3.56. The minimum atomic E-state index is -0.613. The minimum Gasteiger partial charge on any atom is -0.444 e. The molecule has 1 aliphatic heterocycles. The van der Waals surface area contributed by atoms with Gasteiger partial charge in [0.05, 0.1) is 24.1 Å². The van der Waals surface area contributed by atoms with Crippen molar-refractivity contribution in [3.8, 4) is 17.1 Å². The van der Waals surface area contributed by atoms with Crippen LogP contribution in [0.4, 0.5) is 16.3 Å². The molecule has 1 N–H and O–H groups in total. The third kappa shape index (κ3) is 4.00. The summed E-state index contributed by atoms with van der Waals surface area (Å²) in [6.07, 6.45) is 6.97. The molecule has 1 unspecified atom stereocenters. The number of anilines is 2. The van der Waals surface area contributed by atoms with Gasteiger partial charge in [-0.3, -0.25) is 14.9 Å². The summed E-state index contributed by atoms with van der Waals surface area (Å²) in [4.78, 5) is 28.3. The second-order valence-electron chi connectivity index (χ2n) is 8.93. The van der Waals surface area contributed by atoms with Crippen molar-refractivity contribution in [3.05, 3.63) is 36.8 Å². The molecule has 0 fully saturated rings. The van der Waals surface area contributed by atoms with Gasteiger partial charge in [-0.2, -0.15) is 0 Å². The third-order valence-corrected chi connectivity index (χ3v) is 5.10. The van der Waals surface area contributed by atoms with Gasteiger partial charge in [0, 0.05) is 17.8 Å². The molecule has 3 aromatic heterocycles. The molecule has 168 valence electrons. The number of rotatable bonds is 4. The van der Waals surface area contributed by atoms with E-state index in [4.69, 9.17) is 9.72 Å². The van der Waals surface area contributed by atoms with Crippen LogP contribution in [-0.4, -0.2) is 47.5 Å². The first-order chi connectivity index (χ1) is 15.2. The van der Waals surface area contributed by atoms with Crippen LogP contribution in [0.5, 0.6) is 0 Å². The number of pyridine rings is 1. The number of hydrogen-bond acceptors (Lipinski definition) is 8. The Balaban J connectivity index is 1.78. The fourth-order valence-electron chi connectivity index (χ4n) is 3.87. The van der Waals surface area contributed by atoms with Gasteiger partial charge in [0.15, 0.2) is 17.5 Å². The van der Waals surface area contributed by atoms with E-state index in [1.54, 1.807) is 31.0 Å². The Bertz CT molecular complexity index is 1130.